The van der Waals surface area contributed by atoms with Crippen molar-refractivity contribution in [3.05, 3.63) is 82.6 Å². The number of amides is 2. The molecule has 1 unspecified atom stereocenters. The molecule has 2 aromatic rings. The molecule has 1 N–H and O–H groups in total. The van der Waals surface area contributed by atoms with Gasteiger partial charge in [-0.25, -0.2) is 0 Å². The van der Waals surface area contributed by atoms with E-state index in [1.165, 1.54) is 5.57 Å². The molecule has 31 heavy (non-hydrogen) atoms. The fraction of sp³-hybridized carbons (Fsp3) is 0.385. The Kier molecular flexibility index (Phi) is 6.23. The molecular weight excluding hydrogens is 386 g/mol. The van der Waals surface area contributed by atoms with E-state index in [0.717, 1.165) is 54.9 Å². The van der Waals surface area contributed by atoms with E-state index >= 15 is 0 Å². The summed E-state index contributed by atoms with van der Waals surface area (Å²) >= 11 is 0. The predicted octanol–water partition coefficient (Wildman–Crippen LogP) is 3.84. The van der Waals surface area contributed by atoms with E-state index in [2.05, 4.69) is 28.5 Å². The molecule has 2 heterocycles. The number of fused-ring (bicyclic) bond motifs is 1. The average Bonchev–Trinajstić information content (AvgIpc) is 3.30. The van der Waals surface area contributed by atoms with Crippen LogP contribution in [0.1, 0.15) is 46.4 Å². The highest BCUT2D eigenvalue weighted by atomic mass is 16.2. The lowest BCUT2D eigenvalue weighted by Gasteiger charge is -2.24. The largest absolute Gasteiger partial charge is 0.349 e. The third-order valence-electron chi connectivity index (χ3n) is 6.42. The standard InChI is InChI=1S/C26H31N3O2/c1-18-8-7-9-19(2)25(18)26(31)29-16-22-14-28(15-23(22)17-29)13-12-24(27-20(3)30)21-10-5-4-6-11-21/h4-11,16,23-24H,12-15,17H2,1-3H3,(H,27,30)/t23?,24-/m0/s1. The summed E-state index contributed by atoms with van der Waals surface area (Å²) in [6.45, 7) is 9.11. The van der Waals surface area contributed by atoms with Crippen LogP contribution in [0.15, 0.2) is 60.3 Å². The number of carbonyl (C=O) groups is 2. The van der Waals surface area contributed by atoms with Crippen LogP contribution in [0.25, 0.3) is 0 Å². The van der Waals surface area contributed by atoms with Gasteiger partial charge in [0.05, 0.1) is 6.04 Å². The van der Waals surface area contributed by atoms with Crippen LogP contribution in [0.3, 0.4) is 0 Å². The highest BCUT2D eigenvalue weighted by Crippen LogP contribution is 2.32. The molecule has 2 atom stereocenters. The molecule has 0 spiro atoms. The molecule has 2 aliphatic rings. The van der Waals surface area contributed by atoms with Gasteiger partial charge in [-0.3, -0.25) is 14.5 Å². The molecule has 162 valence electrons. The van der Waals surface area contributed by atoms with Crippen molar-refractivity contribution in [3.63, 3.8) is 0 Å². The third-order valence-corrected chi connectivity index (χ3v) is 6.42. The van der Waals surface area contributed by atoms with Gasteiger partial charge >= 0.3 is 0 Å². The van der Waals surface area contributed by atoms with Gasteiger partial charge in [-0.2, -0.15) is 0 Å². The fourth-order valence-corrected chi connectivity index (χ4v) is 4.86. The van der Waals surface area contributed by atoms with Gasteiger partial charge in [0.15, 0.2) is 0 Å². The van der Waals surface area contributed by atoms with Crippen LogP contribution >= 0.6 is 0 Å². The maximum atomic E-state index is 13.1. The predicted molar refractivity (Wildman–Crippen MR) is 123 cm³/mol. The Morgan fingerprint density at radius 1 is 1.03 bits per heavy atom. The maximum absolute atomic E-state index is 13.1. The van der Waals surface area contributed by atoms with Crippen LogP contribution < -0.4 is 5.32 Å². The van der Waals surface area contributed by atoms with E-state index in [4.69, 9.17) is 0 Å². The molecule has 5 heteroatoms. The van der Waals surface area contributed by atoms with E-state index in [1.54, 1.807) is 6.92 Å². The number of carbonyl (C=O) groups excluding carboxylic acids is 2. The Labute approximate surface area is 184 Å². The van der Waals surface area contributed by atoms with E-state index < -0.39 is 0 Å². The quantitative estimate of drug-likeness (QED) is 0.777. The van der Waals surface area contributed by atoms with Crippen molar-refractivity contribution >= 4 is 11.8 Å². The number of benzene rings is 2. The van der Waals surface area contributed by atoms with Crippen LogP contribution in [0.2, 0.25) is 0 Å². The molecule has 1 saturated heterocycles. The van der Waals surface area contributed by atoms with Gasteiger partial charge in [0.1, 0.15) is 0 Å². The van der Waals surface area contributed by atoms with Crippen molar-refractivity contribution in [3.8, 4) is 0 Å². The number of hydrogen-bond acceptors (Lipinski definition) is 3. The first-order valence-electron chi connectivity index (χ1n) is 11.0. The first kappa shape index (κ1) is 21.3. The number of aryl methyl sites for hydroxylation is 2. The fourth-order valence-electron chi connectivity index (χ4n) is 4.86. The minimum absolute atomic E-state index is 0.00416. The van der Waals surface area contributed by atoms with Crippen LogP contribution in [-0.4, -0.2) is 47.8 Å². The summed E-state index contributed by atoms with van der Waals surface area (Å²) in [5, 5.41) is 3.09. The zero-order chi connectivity index (χ0) is 22.0. The van der Waals surface area contributed by atoms with Crippen molar-refractivity contribution in [1.29, 1.82) is 0 Å². The summed E-state index contributed by atoms with van der Waals surface area (Å²) in [4.78, 5) is 29.1. The number of hydrogen-bond donors (Lipinski definition) is 1. The van der Waals surface area contributed by atoms with Gasteiger partial charge in [-0.15, -0.1) is 0 Å². The number of likely N-dealkylation sites (tertiary alicyclic amines) is 1. The van der Waals surface area contributed by atoms with Crippen molar-refractivity contribution in [1.82, 2.24) is 15.1 Å². The van der Waals surface area contributed by atoms with Crippen LogP contribution in [0.5, 0.6) is 0 Å². The molecule has 0 radical (unpaired) electrons. The average molecular weight is 418 g/mol. The SMILES string of the molecule is CC(=O)N[C@@H](CCN1CC2=CN(C(=O)c3c(C)cccc3C)CC2C1)c1ccccc1. The maximum Gasteiger partial charge on any atom is 0.258 e. The lowest BCUT2D eigenvalue weighted by molar-refractivity contribution is -0.119. The first-order chi connectivity index (χ1) is 14.9. The second kappa shape index (κ2) is 9.06. The lowest BCUT2D eigenvalue weighted by Crippen LogP contribution is -2.33. The third kappa shape index (κ3) is 4.72. The van der Waals surface area contributed by atoms with Gasteiger partial charge in [-0.05, 0) is 42.5 Å². The molecule has 2 amide bonds. The van der Waals surface area contributed by atoms with Crippen LogP contribution in [0, 0.1) is 19.8 Å². The smallest absolute Gasteiger partial charge is 0.258 e. The molecule has 4 rings (SSSR count). The second-order valence-corrected chi connectivity index (χ2v) is 8.81. The molecule has 0 saturated carbocycles. The van der Waals surface area contributed by atoms with E-state index in [0.29, 0.717) is 5.92 Å². The van der Waals surface area contributed by atoms with Gasteiger partial charge in [0, 0.05) is 50.8 Å². The second-order valence-electron chi connectivity index (χ2n) is 8.81. The highest BCUT2D eigenvalue weighted by molar-refractivity contribution is 5.98. The van der Waals surface area contributed by atoms with Gasteiger partial charge in [0.2, 0.25) is 5.91 Å². The molecule has 0 aliphatic carbocycles. The summed E-state index contributed by atoms with van der Waals surface area (Å²) in [5.74, 6) is 0.513. The number of nitrogens with zero attached hydrogens (tertiary/aromatic N) is 2. The van der Waals surface area contributed by atoms with Crippen molar-refractivity contribution < 1.29 is 9.59 Å². The molecule has 2 aliphatic heterocycles. The first-order valence-corrected chi connectivity index (χ1v) is 11.0. The van der Waals surface area contributed by atoms with Gasteiger partial charge in [0.25, 0.3) is 5.91 Å². The molecular formula is C26H31N3O2. The lowest BCUT2D eigenvalue weighted by atomic mass is 10.0. The molecule has 1 fully saturated rings. The zero-order valence-electron chi connectivity index (χ0n) is 18.6. The van der Waals surface area contributed by atoms with Crippen molar-refractivity contribution in [2.75, 3.05) is 26.2 Å². The summed E-state index contributed by atoms with van der Waals surface area (Å²) in [6, 6.07) is 16.2. The van der Waals surface area contributed by atoms with Gasteiger partial charge in [-0.1, -0.05) is 48.5 Å². The van der Waals surface area contributed by atoms with E-state index in [-0.39, 0.29) is 17.9 Å². The van der Waals surface area contributed by atoms with E-state index in [1.807, 2.05) is 55.1 Å². The summed E-state index contributed by atoms with van der Waals surface area (Å²) in [7, 11) is 0. The van der Waals surface area contributed by atoms with E-state index in [9.17, 15) is 9.59 Å². The molecule has 0 bridgehead atoms. The minimum Gasteiger partial charge on any atom is -0.349 e. The Balaban J connectivity index is 1.38. The number of nitrogens with one attached hydrogen (secondary N) is 1. The minimum atomic E-state index is -0.00416. The highest BCUT2D eigenvalue weighted by Gasteiger charge is 2.36. The van der Waals surface area contributed by atoms with Gasteiger partial charge < -0.3 is 10.2 Å². The summed E-state index contributed by atoms with van der Waals surface area (Å²) < 4.78 is 0. The molecule has 0 aromatic heterocycles. The molecule has 5 nitrogen and oxygen atoms in total. The van der Waals surface area contributed by atoms with Crippen molar-refractivity contribution in [2.24, 2.45) is 5.92 Å². The topological polar surface area (TPSA) is 52.7 Å². The van der Waals surface area contributed by atoms with Crippen LogP contribution in [-0.2, 0) is 4.79 Å². The van der Waals surface area contributed by atoms with Crippen LogP contribution in [0.4, 0.5) is 0 Å². The van der Waals surface area contributed by atoms with Crippen molar-refractivity contribution in [2.45, 2.75) is 33.2 Å². The summed E-state index contributed by atoms with van der Waals surface area (Å²) in [6.07, 6.45) is 2.94. The normalized spacial score (nSPS) is 19.1. The summed E-state index contributed by atoms with van der Waals surface area (Å²) in [5.41, 5.74) is 5.38. The molecule has 2 aromatic carbocycles. The Bertz CT molecular complexity index is 979. The Morgan fingerprint density at radius 2 is 1.74 bits per heavy atom. The Hall–Kier alpha value is -2.92. The number of rotatable bonds is 6. The Morgan fingerprint density at radius 3 is 2.39 bits per heavy atom. The monoisotopic (exact) mass is 417 g/mol. The zero-order valence-corrected chi connectivity index (χ0v) is 18.6.